The number of rotatable bonds is 17. The van der Waals surface area contributed by atoms with Crippen molar-refractivity contribution < 1.29 is 9.59 Å². The number of ketones is 1. The SMILES string of the molecule is CCCCCCCC(=O)CCCCCCCC(=O)NCCc1ccccc1. The van der Waals surface area contributed by atoms with Crippen molar-refractivity contribution >= 4 is 11.7 Å². The van der Waals surface area contributed by atoms with E-state index in [0.717, 1.165) is 57.8 Å². The second kappa shape index (κ2) is 16.5. The van der Waals surface area contributed by atoms with Gasteiger partial charge in [-0.05, 0) is 31.2 Å². The molecule has 0 fully saturated rings. The summed E-state index contributed by atoms with van der Waals surface area (Å²) in [5, 5.41) is 3.00. The number of nitrogens with one attached hydrogen (secondary N) is 1. The Kier molecular flexibility index (Phi) is 14.3. The van der Waals surface area contributed by atoms with Crippen molar-refractivity contribution in [3.8, 4) is 0 Å². The summed E-state index contributed by atoms with van der Waals surface area (Å²) in [7, 11) is 0. The molecule has 0 radical (unpaired) electrons. The van der Waals surface area contributed by atoms with Gasteiger partial charge in [-0.3, -0.25) is 9.59 Å². The van der Waals surface area contributed by atoms with Gasteiger partial charge in [0.25, 0.3) is 0 Å². The molecule has 152 valence electrons. The number of hydrogen-bond donors (Lipinski definition) is 1. The molecule has 3 nitrogen and oxygen atoms in total. The molecule has 0 aliphatic rings. The van der Waals surface area contributed by atoms with Crippen LogP contribution in [0.4, 0.5) is 0 Å². The summed E-state index contributed by atoms with van der Waals surface area (Å²) < 4.78 is 0. The van der Waals surface area contributed by atoms with Crippen molar-refractivity contribution in [2.24, 2.45) is 0 Å². The fraction of sp³-hybridized carbons (Fsp3) is 0.667. The summed E-state index contributed by atoms with van der Waals surface area (Å²) >= 11 is 0. The van der Waals surface area contributed by atoms with E-state index in [0.29, 0.717) is 18.7 Å². The molecule has 0 saturated heterocycles. The summed E-state index contributed by atoms with van der Waals surface area (Å²) in [6.45, 7) is 2.92. The first-order valence-electron chi connectivity index (χ1n) is 11.0. The van der Waals surface area contributed by atoms with Gasteiger partial charge in [0, 0.05) is 25.8 Å². The third-order valence-electron chi connectivity index (χ3n) is 5.00. The van der Waals surface area contributed by atoms with E-state index in [4.69, 9.17) is 0 Å². The van der Waals surface area contributed by atoms with Crippen molar-refractivity contribution in [2.75, 3.05) is 6.54 Å². The average Bonchev–Trinajstić information content (AvgIpc) is 2.68. The summed E-state index contributed by atoms with van der Waals surface area (Å²) in [6.07, 6.45) is 14.4. The number of carbonyl (C=O) groups excluding carboxylic acids is 2. The van der Waals surface area contributed by atoms with Crippen molar-refractivity contribution in [3.05, 3.63) is 35.9 Å². The largest absolute Gasteiger partial charge is 0.356 e. The Morgan fingerprint density at radius 3 is 1.93 bits per heavy atom. The van der Waals surface area contributed by atoms with Crippen LogP contribution in [0.15, 0.2) is 30.3 Å². The first kappa shape index (κ1) is 23.4. The summed E-state index contributed by atoms with van der Waals surface area (Å²) in [4.78, 5) is 23.6. The highest BCUT2D eigenvalue weighted by molar-refractivity contribution is 5.78. The highest BCUT2D eigenvalue weighted by Gasteiger charge is 2.03. The molecule has 1 amide bonds. The molecule has 0 unspecified atom stereocenters. The normalized spacial score (nSPS) is 10.7. The van der Waals surface area contributed by atoms with E-state index >= 15 is 0 Å². The van der Waals surface area contributed by atoms with Gasteiger partial charge in [-0.1, -0.05) is 82.2 Å². The van der Waals surface area contributed by atoms with Gasteiger partial charge in [0.15, 0.2) is 0 Å². The van der Waals surface area contributed by atoms with Gasteiger partial charge >= 0.3 is 0 Å². The third kappa shape index (κ3) is 14.1. The van der Waals surface area contributed by atoms with Gasteiger partial charge in [-0.15, -0.1) is 0 Å². The molecule has 0 saturated carbocycles. The molecule has 1 N–H and O–H groups in total. The zero-order valence-corrected chi connectivity index (χ0v) is 17.3. The summed E-state index contributed by atoms with van der Waals surface area (Å²) in [5.74, 6) is 0.591. The fourth-order valence-corrected chi connectivity index (χ4v) is 3.27. The number of Topliss-reactive ketones (excluding diaryl/α,β-unsaturated/α-hetero) is 1. The second-order valence-corrected chi connectivity index (χ2v) is 7.56. The first-order chi connectivity index (χ1) is 13.2. The predicted molar refractivity (Wildman–Crippen MR) is 114 cm³/mol. The molecule has 0 bridgehead atoms. The molecule has 1 aromatic carbocycles. The Morgan fingerprint density at radius 2 is 1.30 bits per heavy atom. The number of hydrogen-bond acceptors (Lipinski definition) is 2. The van der Waals surface area contributed by atoms with Crippen LogP contribution in [0.5, 0.6) is 0 Å². The summed E-state index contributed by atoms with van der Waals surface area (Å²) in [5.41, 5.74) is 1.26. The Bertz CT molecular complexity index is 498. The van der Waals surface area contributed by atoms with Crippen LogP contribution >= 0.6 is 0 Å². The highest BCUT2D eigenvalue weighted by Crippen LogP contribution is 2.11. The number of amides is 1. The van der Waals surface area contributed by atoms with Gasteiger partial charge < -0.3 is 5.32 Å². The lowest BCUT2D eigenvalue weighted by Crippen LogP contribution is -2.25. The maximum Gasteiger partial charge on any atom is 0.220 e. The van der Waals surface area contributed by atoms with E-state index in [-0.39, 0.29) is 5.91 Å². The van der Waals surface area contributed by atoms with Gasteiger partial charge in [0.2, 0.25) is 5.91 Å². The van der Waals surface area contributed by atoms with Crippen molar-refractivity contribution in [3.63, 3.8) is 0 Å². The van der Waals surface area contributed by atoms with E-state index in [9.17, 15) is 9.59 Å². The smallest absolute Gasteiger partial charge is 0.220 e. The van der Waals surface area contributed by atoms with Gasteiger partial charge in [-0.2, -0.15) is 0 Å². The van der Waals surface area contributed by atoms with Crippen LogP contribution in [0.25, 0.3) is 0 Å². The minimum atomic E-state index is 0.157. The number of benzene rings is 1. The molecule has 0 atom stereocenters. The lowest BCUT2D eigenvalue weighted by molar-refractivity contribution is -0.121. The molecule has 0 spiro atoms. The monoisotopic (exact) mass is 373 g/mol. The third-order valence-corrected chi connectivity index (χ3v) is 5.00. The molecular weight excluding hydrogens is 334 g/mol. The van der Waals surface area contributed by atoms with Crippen LogP contribution in [0.3, 0.4) is 0 Å². The molecular formula is C24H39NO2. The predicted octanol–water partition coefficient (Wildman–Crippen LogP) is 6.01. The minimum Gasteiger partial charge on any atom is -0.356 e. The molecule has 1 rings (SSSR count). The van der Waals surface area contributed by atoms with Gasteiger partial charge in [0.1, 0.15) is 5.78 Å². The Morgan fingerprint density at radius 1 is 0.741 bits per heavy atom. The second-order valence-electron chi connectivity index (χ2n) is 7.56. The highest BCUT2D eigenvalue weighted by atomic mass is 16.1. The maximum atomic E-state index is 11.8. The number of carbonyl (C=O) groups is 2. The lowest BCUT2D eigenvalue weighted by Gasteiger charge is -2.06. The van der Waals surface area contributed by atoms with E-state index < -0.39 is 0 Å². The Labute approximate surface area is 166 Å². The topological polar surface area (TPSA) is 46.2 Å². The maximum absolute atomic E-state index is 11.8. The fourth-order valence-electron chi connectivity index (χ4n) is 3.27. The van der Waals surface area contributed by atoms with Crippen LogP contribution < -0.4 is 5.32 Å². The van der Waals surface area contributed by atoms with Crippen molar-refractivity contribution in [1.82, 2.24) is 5.32 Å². The van der Waals surface area contributed by atoms with E-state index in [1.165, 1.54) is 31.2 Å². The van der Waals surface area contributed by atoms with E-state index in [1.54, 1.807) is 0 Å². The standard InChI is InChI=1S/C24H39NO2/c1-2-3-4-6-12-17-23(26)18-13-7-5-8-14-19-24(27)25-21-20-22-15-10-9-11-16-22/h9-11,15-16H,2-8,12-14,17-21H2,1H3,(H,25,27). The molecule has 1 aromatic rings. The molecule has 0 aliphatic heterocycles. The molecule has 0 aliphatic carbocycles. The Balaban J connectivity index is 1.86. The minimum absolute atomic E-state index is 0.157. The molecule has 27 heavy (non-hydrogen) atoms. The van der Waals surface area contributed by atoms with Crippen LogP contribution in [-0.2, 0) is 16.0 Å². The van der Waals surface area contributed by atoms with E-state index in [1.807, 2.05) is 18.2 Å². The lowest BCUT2D eigenvalue weighted by atomic mass is 10.0. The average molecular weight is 374 g/mol. The molecule has 3 heteroatoms. The molecule has 0 heterocycles. The van der Waals surface area contributed by atoms with E-state index in [2.05, 4.69) is 24.4 Å². The number of unbranched alkanes of at least 4 members (excludes halogenated alkanes) is 8. The van der Waals surface area contributed by atoms with Crippen LogP contribution in [0.1, 0.15) is 96.0 Å². The van der Waals surface area contributed by atoms with Gasteiger partial charge in [-0.25, -0.2) is 0 Å². The van der Waals surface area contributed by atoms with Crippen molar-refractivity contribution in [1.29, 1.82) is 0 Å². The first-order valence-corrected chi connectivity index (χ1v) is 11.0. The summed E-state index contributed by atoms with van der Waals surface area (Å²) in [6, 6.07) is 10.2. The zero-order chi connectivity index (χ0) is 19.6. The Hall–Kier alpha value is -1.64. The van der Waals surface area contributed by atoms with Crippen LogP contribution in [0, 0.1) is 0 Å². The quantitative estimate of drug-likeness (QED) is 0.340. The van der Waals surface area contributed by atoms with Crippen LogP contribution in [-0.4, -0.2) is 18.2 Å². The van der Waals surface area contributed by atoms with Gasteiger partial charge in [0.05, 0.1) is 0 Å². The van der Waals surface area contributed by atoms with Crippen molar-refractivity contribution in [2.45, 2.75) is 96.8 Å². The molecule has 0 aromatic heterocycles. The van der Waals surface area contributed by atoms with Crippen LogP contribution in [0.2, 0.25) is 0 Å². The zero-order valence-electron chi connectivity index (χ0n) is 17.3.